The lowest BCUT2D eigenvalue weighted by molar-refractivity contribution is -0.385. The molecule has 2 aromatic rings. The Balaban J connectivity index is 2.35. The highest BCUT2D eigenvalue weighted by Gasteiger charge is 2.14. The van der Waals surface area contributed by atoms with Gasteiger partial charge in [0.05, 0.1) is 10.5 Å². The van der Waals surface area contributed by atoms with Crippen molar-refractivity contribution < 1.29 is 14.5 Å². The standard InChI is InChI=1S/C14H11NO4/c1-10-13(15(17)18)6-3-7-14(10)19-12-5-2-4-11(8-12)9-16/h2-9H,1H3. The fourth-order valence-electron chi connectivity index (χ4n) is 1.69. The van der Waals surface area contributed by atoms with Crippen LogP contribution in [0.15, 0.2) is 42.5 Å². The topological polar surface area (TPSA) is 69.4 Å². The third-order valence-corrected chi connectivity index (χ3v) is 2.67. The Morgan fingerprint density at radius 2 is 1.95 bits per heavy atom. The number of nitrogens with zero attached hydrogens (tertiary/aromatic N) is 1. The number of nitro benzene ring substituents is 1. The van der Waals surface area contributed by atoms with Gasteiger partial charge in [-0.1, -0.05) is 18.2 Å². The van der Waals surface area contributed by atoms with Crippen LogP contribution >= 0.6 is 0 Å². The van der Waals surface area contributed by atoms with E-state index >= 15 is 0 Å². The van der Waals surface area contributed by atoms with Crippen LogP contribution in [-0.2, 0) is 0 Å². The van der Waals surface area contributed by atoms with Crippen LogP contribution in [0.2, 0.25) is 0 Å². The molecule has 0 heterocycles. The molecule has 5 nitrogen and oxygen atoms in total. The van der Waals surface area contributed by atoms with Crippen LogP contribution in [0.4, 0.5) is 5.69 Å². The third-order valence-electron chi connectivity index (χ3n) is 2.67. The van der Waals surface area contributed by atoms with Gasteiger partial charge in [0, 0.05) is 11.6 Å². The van der Waals surface area contributed by atoms with E-state index in [0.717, 1.165) is 0 Å². The molecule has 0 spiro atoms. The van der Waals surface area contributed by atoms with E-state index in [4.69, 9.17) is 4.74 Å². The zero-order valence-corrected chi connectivity index (χ0v) is 10.2. The maximum absolute atomic E-state index is 10.8. The Bertz CT molecular complexity index is 637. The van der Waals surface area contributed by atoms with Gasteiger partial charge < -0.3 is 4.74 Å². The maximum atomic E-state index is 10.8. The second-order valence-electron chi connectivity index (χ2n) is 3.95. The fraction of sp³-hybridized carbons (Fsp3) is 0.0714. The van der Waals surface area contributed by atoms with Crippen LogP contribution in [0.3, 0.4) is 0 Å². The molecule has 0 unspecified atom stereocenters. The molecule has 0 aliphatic carbocycles. The first-order valence-corrected chi connectivity index (χ1v) is 5.59. The summed E-state index contributed by atoms with van der Waals surface area (Å²) in [7, 11) is 0. The lowest BCUT2D eigenvalue weighted by Crippen LogP contribution is -1.94. The van der Waals surface area contributed by atoms with Crippen molar-refractivity contribution in [1.29, 1.82) is 0 Å². The highest BCUT2D eigenvalue weighted by atomic mass is 16.6. The molecule has 19 heavy (non-hydrogen) atoms. The highest BCUT2D eigenvalue weighted by Crippen LogP contribution is 2.30. The van der Waals surface area contributed by atoms with E-state index in [1.54, 1.807) is 43.3 Å². The SMILES string of the molecule is Cc1c(Oc2cccc(C=O)c2)cccc1[N+](=O)[O-]. The number of nitro groups is 1. The number of hydrogen-bond donors (Lipinski definition) is 0. The summed E-state index contributed by atoms with van der Waals surface area (Å²) in [5, 5.41) is 10.8. The van der Waals surface area contributed by atoms with Crippen LogP contribution in [0.5, 0.6) is 11.5 Å². The Hall–Kier alpha value is -2.69. The molecule has 0 aromatic heterocycles. The van der Waals surface area contributed by atoms with Crippen molar-refractivity contribution in [2.24, 2.45) is 0 Å². The Kier molecular flexibility index (Phi) is 3.56. The monoisotopic (exact) mass is 257 g/mol. The number of rotatable bonds is 4. The summed E-state index contributed by atoms with van der Waals surface area (Å²) in [6, 6.07) is 11.2. The molecular weight excluding hydrogens is 246 g/mol. The van der Waals surface area contributed by atoms with E-state index in [1.807, 2.05) is 0 Å². The van der Waals surface area contributed by atoms with Crippen molar-refractivity contribution in [3.8, 4) is 11.5 Å². The smallest absolute Gasteiger partial charge is 0.276 e. The second kappa shape index (κ2) is 5.30. The molecule has 0 saturated heterocycles. The molecule has 5 heteroatoms. The van der Waals surface area contributed by atoms with E-state index in [9.17, 15) is 14.9 Å². The van der Waals surface area contributed by atoms with Gasteiger partial charge in [-0.15, -0.1) is 0 Å². The maximum Gasteiger partial charge on any atom is 0.276 e. The zero-order chi connectivity index (χ0) is 13.8. The molecule has 96 valence electrons. The summed E-state index contributed by atoms with van der Waals surface area (Å²) in [4.78, 5) is 21.1. The minimum atomic E-state index is -0.454. The predicted molar refractivity (Wildman–Crippen MR) is 69.7 cm³/mol. The normalized spacial score (nSPS) is 9.95. The molecule has 0 radical (unpaired) electrons. The Labute approximate surface area is 109 Å². The van der Waals surface area contributed by atoms with Gasteiger partial charge in [-0.05, 0) is 25.1 Å². The molecule has 0 N–H and O–H groups in total. The van der Waals surface area contributed by atoms with Crippen molar-refractivity contribution in [3.05, 3.63) is 63.7 Å². The predicted octanol–water partition coefficient (Wildman–Crippen LogP) is 3.51. The van der Waals surface area contributed by atoms with Crippen molar-refractivity contribution >= 4 is 12.0 Å². The first-order valence-electron chi connectivity index (χ1n) is 5.59. The molecule has 0 fully saturated rings. The molecule has 0 atom stereocenters. The van der Waals surface area contributed by atoms with Gasteiger partial charge in [0.1, 0.15) is 17.8 Å². The number of carbonyl (C=O) groups is 1. The van der Waals surface area contributed by atoms with Gasteiger partial charge in [-0.2, -0.15) is 0 Å². The number of hydrogen-bond acceptors (Lipinski definition) is 4. The highest BCUT2D eigenvalue weighted by molar-refractivity contribution is 5.75. The fourth-order valence-corrected chi connectivity index (χ4v) is 1.69. The van der Waals surface area contributed by atoms with Crippen molar-refractivity contribution in [3.63, 3.8) is 0 Å². The molecular formula is C14H11NO4. The molecule has 0 aliphatic heterocycles. The van der Waals surface area contributed by atoms with Gasteiger partial charge in [0.25, 0.3) is 5.69 Å². The molecule has 0 amide bonds. The third kappa shape index (κ3) is 2.77. The van der Waals surface area contributed by atoms with Crippen LogP contribution in [-0.4, -0.2) is 11.2 Å². The Morgan fingerprint density at radius 1 is 1.21 bits per heavy atom. The number of benzene rings is 2. The van der Waals surface area contributed by atoms with Gasteiger partial charge in [-0.3, -0.25) is 14.9 Å². The Morgan fingerprint density at radius 3 is 2.63 bits per heavy atom. The van der Waals surface area contributed by atoms with Crippen LogP contribution in [0.1, 0.15) is 15.9 Å². The van der Waals surface area contributed by atoms with E-state index in [0.29, 0.717) is 28.9 Å². The summed E-state index contributed by atoms with van der Waals surface area (Å²) >= 11 is 0. The average molecular weight is 257 g/mol. The van der Waals surface area contributed by atoms with Crippen molar-refractivity contribution in [2.45, 2.75) is 6.92 Å². The zero-order valence-electron chi connectivity index (χ0n) is 10.2. The van der Waals surface area contributed by atoms with Gasteiger partial charge in [-0.25, -0.2) is 0 Å². The minimum Gasteiger partial charge on any atom is -0.457 e. The van der Waals surface area contributed by atoms with Crippen LogP contribution in [0, 0.1) is 17.0 Å². The van der Waals surface area contributed by atoms with Crippen molar-refractivity contribution in [2.75, 3.05) is 0 Å². The average Bonchev–Trinajstić information content (AvgIpc) is 2.41. The van der Waals surface area contributed by atoms with Crippen molar-refractivity contribution in [1.82, 2.24) is 0 Å². The lowest BCUT2D eigenvalue weighted by atomic mass is 10.2. The largest absolute Gasteiger partial charge is 0.457 e. The molecule has 0 bridgehead atoms. The van der Waals surface area contributed by atoms with Crippen LogP contribution in [0.25, 0.3) is 0 Å². The van der Waals surface area contributed by atoms with E-state index < -0.39 is 4.92 Å². The summed E-state index contributed by atoms with van der Waals surface area (Å²) < 4.78 is 5.58. The molecule has 2 rings (SSSR count). The minimum absolute atomic E-state index is 0.00374. The summed E-state index contributed by atoms with van der Waals surface area (Å²) in [5.74, 6) is 0.866. The van der Waals surface area contributed by atoms with Gasteiger partial charge >= 0.3 is 0 Å². The summed E-state index contributed by atoms with van der Waals surface area (Å²) in [5.41, 5.74) is 0.939. The number of ether oxygens (including phenoxy) is 1. The molecule has 0 saturated carbocycles. The molecule has 2 aromatic carbocycles. The number of carbonyl (C=O) groups excluding carboxylic acids is 1. The first-order chi connectivity index (χ1) is 9.11. The summed E-state index contributed by atoms with van der Waals surface area (Å²) in [6.07, 6.45) is 0.715. The quantitative estimate of drug-likeness (QED) is 0.477. The van der Waals surface area contributed by atoms with Gasteiger partial charge in [0.15, 0.2) is 0 Å². The summed E-state index contributed by atoms with van der Waals surface area (Å²) in [6.45, 7) is 1.62. The van der Waals surface area contributed by atoms with Crippen LogP contribution < -0.4 is 4.74 Å². The number of aldehydes is 1. The second-order valence-corrected chi connectivity index (χ2v) is 3.95. The van der Waals surface area contributed by atoms with Gasteiger partial charge in [0.2, 0.25) is 0 Å². The van der Waals surface area contributed by atoms with E-state index in [2.05, 4.69) is 0 Å². The van der Waals surface area contributed by atoms with E-state index in [1.165, 1.54) is 6.07 Å². The van der Waals surface area contributed by atoms with E-state index in [-0.39, 0.29) is 5.69 Å². The first kappa shape index (κ1) is 12.8. The molecule has 0 aliphatic rings. The lowest BCUT2D eigenvalue weighted by Gasteiger charge is -2.08.